The molecule has 22 heavy (non-hydrogen) atoms. The summed E-state index contributed by atoms with van der Waals surface area (Å²) in [7, 11) is 1.14. The predicted molar refractivity (Wildman–Crippen MR) is 75.7 cm³/mol. The van der Waals surface area contributed by atoms with Crippen LogP contribution in [0.4, 0.5) is 0 Å². The summed E-state index contributed by atoms with van der Waals surface area (Å²) < 4.78 is 4.55. The van der Waals surface area contributed by atoms with Crippen molar-refractivity contribution < 1.29 is 14.3 Å². The van der Waals surface area contributed by atoms with E-state index in [2.05, 4.69) is 16.1 Å². The number of carbonyl (C=O) groups is 2. The topological polar surface area (TPSA) is 103 Å². The van der Waals surface area contributed by atoms with Crippen LogP contribution >= 0.6 is 0 Å². The van der Waals surface area contributed by atoms with E-state index in [1.807, 2.05) is 30.3 Å². The molecular formula is C16H13N3O3. The fraction of sp³-hybridized carbons (Fsp3) is 0.250. The van der Waals surface area contributed by atoms with Gasteiger partial charge in [-0.15, -0.1) is 0 Å². The number of hydrogen-bond acceptors (Lipinski definition) is 5. The molecule has 0 radical (unpaired) electrons. The second-order valence-electron chi connectivity index (χ2n) is 4.77. The zero-order chi connectivity index (χ0) is 16.1. The highest BCUT2D eigenvalue weighted by Gasteiger charge is 2.37. The summed E-state index contributed by atoms with van der Waals surface area (Å²) in [5, 5.41) is 21.1. The van der Waals surface area contributed by atoms with Crippen molar-refractivity contribution in [3.63, 3.8) is 0 Å². The Kier molecular flexibility index (Phi) is 4.55. The van der Waals surface area contributed by atoms with Crippen LogP contribution < -0.4 is 5.32 Å². The summed E-state index contributed by atoms with van der Waals surface area (Å²) in [6, 6.07) is 12.9. The van der Waals surface area contributed by atoms with Crippen molar-refractivity contribution in [1.82, 2.24) is 5.32 Å². The molecule has 1 N–H and O–H groups in total. The van der Waals surface area contributed by atoms with Gasteiger partial charge in [0, 0.05) is 12.3 Å². The number of benzene rings is 1. The molecule has 0 unspecified atom stereocenters. The maximum Gasteiger partial charge on any atom is 0.350 e. The van der Waals surface area contributed by atoms with Gasteiger partial charge in [-0.1, -0.05) is 30.3 Å². The van der Waals surface area contributed by atoms with Gasteiger partial charge in [-0.2, -0.15) is 10.5 Å². The number of allylic oxidation sites excluding steroid dienone is 1. The van der Waals surface area contributed by atoms with Crippen LogP contribution in [0.2, 0.25) is 0 Å². The average molecular weight is 295 g/mol. The van der Waals surface area contributed by atoms with E-state index in [-0.39, 0.29) is 23.6 Å². The number of methoxy groups -OCH3 is 1. The van der Waals surface area contributed by atoms with Crippen LogP contribution in [0.15, 0.2) is 41.6 Å². The number of carbonyl (C=O) groups excluding carboxylic acids is 2. The molecule has 0 aromatic heterocycles. The monoisotopic (exact) mass is 295 g/mol. The van der Waals surface area contributed by atoms with E-state index in [1.165, 1.54) is 0 Å². The summed E-state index contributed by atoms with van der Waals surface area (Å²) in [5.41, 5.74) is 0.480. The first-order valence-electron chi connectivity index (χ1n) is 6.59. The molecule has 1 aromatic rings. The fourth-order valence-corrected chi connectivity index (χ4v) is 2.50. The first-order valence-corrected chi connectivity index (χ1v) is 6.59. The zero-order valence-corrected chi connectivity index (χ0v) is 11.9. The minimum Gasteiger partial charge on any atom is -0.465 e. The quantitative estimate of drug-likeness (QED) is 0.504. The number of nitrogens with zero attached hydrogens (tertiary/aromatic N) is 2. The molecule has 1 amide bonds. The molecule has 1 aliphatic heterocycles. The Morgan fingerprint density at radius 2 is 2.00 bits per heavy atom. The molecule has 1 saturated heterocycles. The highest BCUT2D eigenvalue weighted by atomic mass is 16.5. The molecule has 2 rings (SSSR count). The zero-order valence-electron chi connectivity index (χ0n) is 11.9. The molecule has 0 saturated carbocycles. The summed E-state index contributed by atoms with van der Waals surface area (Å²) in [4.78, 5) is 23.6. The van der Waals surface area contributed by atoms with Crippen molar-refractivity contribution in [2.45, 2.75) is 12.3 Å². The third kappa shape index (κ3) is 2.82. The summed E-state index contributed by atoms with van der Waals surface area (Å²) >= 11 is 0. The number of piperidine rings is 1. The van der Waals surface area contributed by atoms with Gasteiger partial charge in [-0.05, 0) is 5.56 Å². The summed E-state index contributed by atoms with van der Waals surface area (Å²) in [5.74, 6) is -2.42. The second kappa shape index (κ2) is 6.55. The van der Waals surface area contributed by atoms with Gasteiger partial charge >= 0.3 is 5.97 Å². The SMILES string of the molecule is COC(=O)/C(C#N)=C1/NC(=O)C[C@@H](c2ccccc2)[C@@H]1C#N. The molecular weight excluding hydrogens is 282 g/mol. The Hall–Kier alpha value is -3.12. The Morgan fingerprint density at radius 3 is 2.55 bits per heavy atom. The van der Waals surface area contributed by atoms with Gasteiger partial charge in [0.2, 0.25) is 5.91 Å². The van der Waals surface area contributed by atoms with E-state index in [9.17, 15) is 14.9 Å². The van der Waals surface area contributed by atoms with Gasteiger partial charge < -0.3 is 10.1 Å². The lowest BCUT2D eigenvalue weighted by atomic mass is 9.78. The smallest absolute Gasteiger partial charge is 0.350 e. The minimum absolute atomic E-state index is 0.0157. The van der Waals surface area contributed by atoms with E-state index >= 15 is 0 Å². The van der Waals surface area contributed by atoms with Gasteiger partial charge in [-0.25, -0.2) is 4.79 Å². The minimum atomic E-state index is -0.869. The van der Waals surface area contributed by atoms with Gasteiger partial charge in [0.15, 0.2) is 5.57 Å². The lowest BCUT2D eigenvalue weighted by Gasteiger charge is -2.30. The Labute approximate surface area is 127 Å². The molecule has 0 bridgehead atoms. The second-order valence-corrected chi connectivity index (χ2v) is 4.77. The average Bonchev–Trinajstić information content (AvgIpc) is 2.55. The number of hydrogen-bond donors (Lipinski definition) is 1. The van der Waals surface area contributed by atoms with E-state index in [1.54, 1.807) is 6.07 Å². The van der Waals surface area contributed by atoms with Gasteiger partial charge in [0.05, 0.1) is 24.8 Å². The van der Waals surface area contributed by atoms with Crippen LogP contribution in [-0.4, -0.2) is 19.0 Å². The van der Waals surface area contributed by atoms with Crippen LogP contribution in [0.5, 0.6) is 0 Å². The first kappa shape index (κ1) is 15.3. The molecule has 0 spiro atoms. The summed E-state index contributed by atoms with van der Waals surface area (Å²) in [6.07, 6.45) is 0.117. The number of nitrogens with one attached hydrogen (secondary N) is 1. The van der Waals surface area contributed by atoms with E-state index < -0.39 is 17.8 Å². The van der Waals surface area contributed by atoms with Crippen molar-refractivity contribution in [3.05, 3.63) is 47.2 Å². The highest BCUT2D eigenvalue weighted by Crippen LogP contribution is 2.36. The number of amides is 1. The lowest BCUT2D eigenvalue weighted by molar-refractivity contribution is -0.135. The third-order valence-corrected chi connectivity index (χ3v) is 3.53. The van der Waals surface area contributed by atoms with Crippen LogP contribution in [0.3, 0.4) is 0 Å². The Morgan fingerprint density at radius 1 is 1.32 bits per heavy atom. The van der Waals surface area contributed by atoms with Crippen molar-refractivity contribution in [1.29, 1.82) is 10.5 Å². The summed E-state index contributed by atoms with van der Waals surface area (Å²) in [6.45, 7) is 0. The normalized spacial score (nSPS) is 22.8. The van der Waals surface area contributed by atoms with Crippen molar-refractivity contribution in [3.8, 4) is 12.1 Å². The molecule has 2 atom stereocenters. The standard InChI is InChI=1S/C16H13N3O3/c1-22-16(21)13(9-18)15-12(8-17)11(7-14(20)19-15)10-5-3-2-4-6-10/h2-6,11-12H,7H2,1H3,(H,19,20)/b15-13+/t11-,12-/m0/s1. The van der Waals surface area contributed by atoms with Crippen molar-refractivity contribution in [2.24, 2.45) is 5.92 Å². The maximum absolute atomic E-state index is 11.9. The molecule has 110 valence electrons. The lowest BCUT2D eigenvalue weighted by Crippen LogP contribution is -2.39. The fourth-order valence-electron chi connectivity index (χ4n) is 2.50. The van der Waals surface area contributed by atoms with Gasteiger partial charge in [-0.3, -0.25) is 4.79 Å². The largest absolute Gasteiger partial charge is 0.465 e. The van der Waals surface area contributed by atoms with Crippen molar-refractivity contribution in [2.75, 3.05) is 7.11 Å². The van der Waals surface area contributed by atoms with Crippen molar-refractivity contribution >= 4 is 11.9 Å². The van der Waals surface area contributed by atoms with Gasteiger partial charge in [0.1, 0.15) is 6.07 Å². The Balaban J connectivity index is 2.54. The molecule has 1 aliphatic rings. The molecule has 6 nitrogen and oxygen atoms in total. The molecule has 1 fully saturated rings. The van der Waals surface area contributed by atoms with Crippen LogP contribution in [0, 0.1) is 28.6 Å². The van der Waals surface area contributed by atoms with Gasteiger partial charge in [0.25, 0.3) is 0 Å². The highest BCUT2D eigenvalue weighted by molar-refractivity contribution is 5.95. The van der Waals surface area contributed by atoms with E-state index in [4.69, 9.17) is 5.26 Å². The molecule has 6 heteroatoms. The Bertz CT molecular complexity index is 710. The van der Waals surface area contributed by atoms with Crippen LogP contribution in [0.1, 0.15) is 17.9 Å². The van der Waals surface area contributed by atoms with Crippen LogP contribution in [-0.2, 0) is 14.3 Å². The van der Waals surface area contributed by atoms with Crippen LogP contribution in [0.25, 0.3) is 0 Å². The number of esters is 1. The molecule has 0 aliphatic carbocycles. The number of rotatable bonds is 2. The first-order chi connectivity index (χ1) is 10.6. The third-order valence-electron chi connectivity index (χ3n) is 3.53. The van der Waals surface area contributed by atoms with E-state index in [0.29, 0.717) is 0 Å². The number of nitriles is 2. The predicted octanol–water partition coefficient (Wildman–Crippen LogP) is 1.38. The molecule has 1 heterocycles. The van der Waals surface area contributed by atoms with E-state index in [0.717, 1.165) is 12.7 Å². The number of ether oxygens (including phenoxy) is 1. The maximum atomic E-state index is 11.9. The molecule has 1 aromatic carbocycles.